The number of fused-ring (bicyclic) bond motifs is 3. The highest BCUT2D eigenvalue weighted by Crippen LogP contribution is 2.44. The van der Waals surface area contributed by atoms with Crippen molar-refractivity contribution in [3.05, 3.63) is 59.7 Å². The van der Waals surface area contributed by atoms with Gasteiger partial charge in [-0.25, -0.2) is 9.59 Å². The molecule has 2 aromatic carbocycles. The van der Waals surface area contributed by atoms with E-state index >= 15 is 0 Å². The second-order valence-corrected chi connectivity index (χ2v) is 8.97. The molecule has 0 saturated carbocycles. The van der Waals surface area contributed by atoms with Gasteiger partial charge in [-0.3, -0.25) is 4.79 Å². The van der Waals surface area contributed by atoms with Gasteiger partial charge in [0.05, 0.1) is 5.88 Å². The van der Waals surface area contributed by atoms with Crippen LogP contribution in [-0.4, -0.2) is 58.3 Å². The summed E-state index contributed by atoms with van der Waals surface area (Å²) in [6.07, 6.45) is 0.410. The molecular weight excluding hydrogens is 428 g/mol. The van der Waals surface area contributed by atoms with E-state index in [-0.39, 0.29) is 18.4 Å². The van der Waals surface area contributed by atoms with Crippen LogP contribution in [0.1, 0.15) is 36.8 Å². The molecule has 2 N–H and O–H groups in total. The van der Waals surface area contributed by atoms with Crippen molar-refractivity contribution in [3.63, 3.8) is 0 Å². The van der Waals surface area contributed by atoms with E-state index in [1.807, 2.05) is 43.3 Å². The summed E-state index contributed by atoms with van der Waals surface area (Å²) >= 11 is 1.40. The zero-order valence-electron chi connectivity index (χ0n) is 17.8. The SMILES string of the molecule is CCCC(NC(=O)OCC1c2ccccc2-c2ccccc21)C(=O)N1CSCC1C(=O)O. The number of ether oxygens (including phenoxy) is 1. The standard InChI is InChI=1S/C24H26N2O5S/c1-2-7-20(22(27)26-14-32-13-21(26)23(28)29)25-24(30)31-12-19-17-10-5-3-8-15(17)16-9-4-6-11-18(16)19/h3-6,8-11,19-21H,2,7,12-14H2,1H3,(H,25,30)(H,28,29). The van der Waals surface area contributed by atoms with Gasteiger partial charge in [-0.15, -0.1) is 11.8 Å². The molecule has 0 radical (unpaired) electrons. The predicted molar refractivity (Wildman–Crippen MR) is 122 cm³/mol. The van der Waals surface area contributed by atoms with Crippen molar-refractivity contribution in [2.75, 3.05) is 18.2 Å². The van der Waals surface area contributed by atoms with Crippen molar-refractivity contribution < 1.29 is 24.2 Å². The first-order valence-electron chi connectivity index (χ1n) is 10.7. The highest BCUT2D eigenvalue weighted by atomic mass is 32.2. The maximum absolute atomic E-state index is 13.0. The largest absolute Gasteiger partial charge is 0.480 e. The van der Waals surface area contributed by atoms with Crippen LogP contribution >= 0.6 is 11.8 Å². The molecule has 2 atom stereocenters. The Hall–Kier alpha value is -3.00. The number of carbonyl (C=O) groups is 3. The molecule has 1 heterocycles. The quantitative estimate of drug-likeness (QED) is 0.663. The summed E-state index contributed by atoms with van der Waals surface area (Å²) in [5.74, 6) is -0.815. The number of rotatable bonds is 7. The molecule has 1 saturated heterocycles. The van der Waals surface area contributed by atoms with Gasteiger partial charge in [0, 0.05) is 11.7 Å². The first-order valence-corrected chi connectivity index (χ1v) is 11.9. The third kappa shape index (κ3) is 4.32. The third-order valence-electron chi connectivity index (χ3n) is 5.96. The summed E-state index contributed by atoms with van der Waals surface area (Å²) in [6.45, 7) is 2.07. The van der Waals surface area contributed by atoms with Crippen molar-refractivity contribution in [1.82, 2.24) is 10.2 Å². The fourth-order valence-corrected chi connectivity index (χ4v) is 5.55. The molecule has 2 amide bonds. The third-order valence-corrected chi connectivity index (χ3v) is 6.97. The summed E-state index contributed by atoms with van der Waals surface area (Å²) in [6, 6.07) is 14.5. The average molecular weight is 455 g/mol. The van der Waals surface area contributed by atoms with E-state index in [0.717, 1.165) is 22.3 Å². The van der Waals surface area contributed by atoms with E-state index in [4.69, 9.17) is 4.74 Å². The Balaban J connectivity index is 1.42. The molecule has 8 heteroatoms. The Morgan fingerprint density at radius 1 is 1.12 bits per heavy atom. The van der Waals surface area contributed by atoms with Crippen LogP contribution in [0, 0.1) is 0 Å². The van der Waals surface area contributed by atoms with Crippen LogP contribution in [0.15, 0.2) is 48.5 Å². The maximum atomic E-state index is 13.0. The number of hydrogen-bond donors (Lipinski definition) is 2. The van der Waals surface area contributed by atoms with E-state index in [0.29, 0.717) is 24.5 Å². The predicted octanol–water partition coefficient (Wildman–Crippen LogP) is 3.68. The minimum Gasteiger partial charge on any atom is -0.480 e. The van der Waals surface area contributed by atoms with Gasteiger partial charge in [-0.05, 0) is 28.7 Å². The van der Waals surface area contributed by atoms with Crippen molar-refractivity contribution in [1.29, 1.82) is 0 Å². The van der Waals surface area contributed by atoms with Crippen LogP contribution in [0.2, 0.25) is 0 Å². The molecule has 168 valence electrons. The normalized spacial score (nSPS) is 18.0. The number of thioether (sulfide) groups is 1. The van der Waals surface area contributed by atoms with E-state index < -0.39 is 24.1 Å². The molecule has 32 heavy (non-hydrogen) atoms. The van der Waals surface area contributed by atoms with Gasteiger partial charge in [0.15, 0.2) is 0 Å². The molecule has 0 spiro atoms. The lowest BCUT2D eigenvalue weighted by Crippen LogP contribution is -2.52. The molecule has 2 aliphatic rings. The van der Waals surface area contributed by atoms with Crippen molar-refractivity contribution in [2.24, 2.45) is 0 Å². The summed E-state index contributed by atoms with van der Waals surface area (Å²) in [7, 11) is 0. The van der Waals surface area contributed by atoms with Crippen LogP contribution in [0.3, 0.4) is 0 Å². The van der Waals surface area contributed by atoms with Gasteiger partial charge < -0.3 is 20.1 Å². The molecule has 1 aliphatic carbocycles. The average Bonchev–Trinajstić information content (AvgIpc) is 3.40. The highest BCUT2D eigenvalue weighted by Gasteiger charge is 2.38. The molecule has 0 bridgehead atoms. The number of nitrogens with zero attached hydrogens (tertiary/aromatic N) is 1. The topological polar surface area (TPSA) is 95.9 Å². The first kappa shape index (κ1) is 22.2. The summed E-state index contributed by atoms with van der Waals surface area (Å²) in [5, 5.41) is 12.0. The number of benzene rings is 2. The Kier molecular flexibility index (Phi) is 6.69. The first-order chi connectivity index (χ1) is 15.5. The van der Waals surface area contributed by atoms with E-state index in [1.54, 1.807) is 0 Å². The van der Waals surface area contributed by atoms with Crippen molar-refractivity contribution in [3.8, 4) is 11.1 Å². The number of aliphatic carboxylic acids is 1. The fourth-order valence-electron chi connectivity index (χ4n) is 4.39. The Morgan fingerprint density at radius 2 is 1.75 bits per heavy atom. The highest BCUT2D eigenvalue weighted by molar-refractivity contribution is 7.99. The zero-order valence-corrected chi connectivity index (χ0v) is 18.6. The number of carboxylic acid groups (broad SMARTS) is 1. The summed E-state index contributed by atoms with van der Waals surface area (Å²) in [5.41, 5.74) is 4.51. The fraction of sp³-hybridized carbons (Fsp3) is 0.375. The molecule has 0 aromatic heterocycles. The summed E-state index contributed by atoms with van der Waals surface area (Å²) in [4.78, 5) is 38.4. The second kappa shape index (κ2) is 9.65. The maximum Gasteiger partial charge on any atom is 0.407 e. The Labute approximate surface area is 191 Å². The number of amides is 2. The number of carbonyl (C=O) groups excluding carboxylic acids is 2. The van der Waals surface area contributed by atoms with Crippen molar-refractivity contribution in [2.45, 2.75) is 37.8 Å². The van der Waals surface area contributed by atoms with E-state index in [9.17, 15) is 19.5 Å². The lowest BCUT2D eigenvalue weighted by Gasteiger charge is -2.26. The number of nitrogens with one attached hydrogen (secondary N) is 1. The summed E-state index contributed by atoms with van der Waals surface area (Å²) < 4.78 is 5.56. The van der Waals surface area contributed by atoms with Crippen LogP contribution in [0.5, 0.6) is 0 Å². The van der Waals surface area contributed by atoms with Crippen molar-refractivity contribution >= 4 is 29.7 Å². The smallest absolute Gasteiger partial charge is 0.407 e. The second-order valence-electron chi connectivity index (χ2n) is 7.97. The van der Waals surface area contributed by atoms with Crippen LogP contribution in [-0.2, 0) is 14.3 Å². The lowest BCUT2D eigenvalue weighted by atomic mass is 9.98. The number of carboxylic acids is 1. The Bertz CT molecular complexity index is 981. The Morgan fingerprint density at radius 3 is 2.34 bits per heavy atom. The van der Waals surface area contributed by atoms with Gasteiger partial charge in [0.1, 0.15) is 18.7 Å². The van der Waals surface area contributed by atoms with Gasteiger partial charge in [-0.2, -0.15) is 0 Å². The molecule has 4 rings (SSSR count). The van der Waals surface area contributed by atoms with E-state index in [1.165, 1.54) is 16.7 Å². The molecule has 2 unspecified atom stereocenters. The van der Waals surface area contributed by atoms with Gasteiger partial charge >= 0.3 is 12.1 Å². The minimum absolute atomic E-state index is 0.0696. The zero-order chi connectivity index (χ0) is 22.7. The van der Waals surface area contributed by atoms with Crippen LogP contribution < -0.4 is 5.32 Å². The molecule has 1 aliphatic heterocycles. The number of hydrogen-bond acceptors (Lipinski definition) is 5. The monoisotopic (exact) mass is 454 g/mol. The number of alkyl carbamates (subject to hydrolysis) is 1. The van der Waals surface area contributed by atoms with Gasteiger partial charge in [0.2, 0.25) is 5.91 Å². The van der Waals surface area contributed by atoms with Gasteiger partial charge in [-0.1, -0.05) is 61.9 Å². The molecular formula is C24H26N2O5S. The molecule has 2 aromatic rings. The molecule has 7 nitrogen and oxygen atoms in total. The van der Waals surface area contributed by atoms with E-state index in [2.05, 4.69) is 17.4 Å². The molecule has 1 fully saturated rings. The minimum atomic E-state index is -1.03. The van der Waals surface area contributed by atoms with Gasteiger partial charge in [0.25, 0.3) is 0 Å². The van der Waals surface area contributed by atoms with Crippen LogP contribution in [0.4, 0.5) is 4.79 Å². The lowest BCUT2D eigenvalue weighted by molar-refractivity contribution is -0.148. The van der Waals surface area contributed by atoms with Crippen LogP contribution in [0.25, 0.3) is 11.1 Å².